The zero-order valence-electron chi connectivity index (χ0n) is 17.6. The van der Waals surface area contributed by atoms with Gasteiger partial charge in [0.05, 0.1) is 6.10 Å². The number of aliphatic hydroxyl groups is 1. The third-order valence-corrected chi connectivity index (χ3v) is 6.84. The van der Waals surface area contributed by atoms with E-state index in [1.54, 1.807) is 0 Å². The van der Waals surface area contributed by atoms with Crippen molar-refractivity contribution in [3.8, 4) is 0 Å². The molecule has 1 atom stereocenters. The summed E-state index contributed by atoms with van der Waals surface area (Å²) in [5.74, 6) is 0.0623. The molecule has 1 fully saturated rings. The van der Waals surface area contributed by atoms with Gasteiger partial charge in [-0.25, -0.2) is 0 Å². The number of fused-ring (bicyclic) bond motifs is 2. The van der Waals surface area contributed by atoms with Crippen molar-refractivity contribution in [3.63, 3.8) is 0 Å². The second-order valence-electron chi connectivity index (χ2n) is 8.94. The lowest BCUT2D eigenvalue weighted by Gasteiger charge is -2.34. The molecule has 1 saturated heterocycles. The highest BCUT2D eigenvalue weighted by molar-refractivity contribution is 5.97. The van der Waals surface area contributed by atoms with Gasteiger partial charge in [0.1, 0.15) is 0 Å². The maximum atomic E-state index is 13.0. The fourth-order valence-electron chi connectivity index (χ4n) is 5.19. The van der Waals surface area contributed by atoms with Crippen LogP contribution in [0.2, 0.25) is 0 Å². The molecule has 3 heterocycles. The lowest BCUT2D eigenvalue weighted by atomic mass is 9.97. The van der Waals surface area contributed by atoms with Crippen LogP contribution in [0.15, 0.2) is 42.5 Å². The van der Waals surface area contributed by atoms with E-state index in [9.17, 15) is 9.90 Å². The van der Waals surface area contributed by atoms with E-state index < -0.39 is 6.10 Å². The molecule has 5 heteroatoms. The Kier molecular flexibility index (Phi) is 5.48. The number of rotatable bonds is 5. The summed E-state index contributed by atoms with van der Waals surface area (Å²) in [4.78, 5) is 19.6. The molecule has 0 spiro atoms. The Labute approximate surface area is 178 Å². The Balaban J connectivity index is 1.20. The second kappa shape index (κ2) is 8.40. The number of aliphatic hydroxyl groups excluding tert-OH is 1. The highest BCUT2D eigenvalue weighted by Gasteiger charge is 2.28. The first-order chi connectivity index (χ1) is 14.7. The number of hydrogen-bond donors (Lipinski definition) is 1. The molecule has 0 aliphatic carbocycles. The summed E-state index contributed by atoms with van der Waals surface area (Å²) in [6.45, 7) is 5.78. The van der Waals surface area contributed by atoms with E-state index >= 15 is 0 Å². The first kappa shape index (κ1) is 19.6. The van der Waals surface area contributed by atoms with Crippen LogP contribution in [0.3, 0.4) is 0 Å². The van der Waals surface area contributed by atoms with Crippen molar-refractivity contribution in [2.24, 2.45) is 0 Å². The molecule has 1 N–H and O–H groups in total. The quantitative estimate of drug-likeness (QED) is 0.831. The van der Waals surface area contributed by atoms with Gasteiger partial charge in [0, 0.05) is 57.1 Å². The average Bonchev–Trinajstić information content (AvgIpc) is 3.30. The Morgan fingerprint density at radius 2 is 1.63 bits per heavy atom. The minimum Gasteiger partial charge on any atom is -0.390 e. The Morgan fingerprint density at radius 3 is 2.47 bits per heavy atom. The van der Waals surface area contributed by atoms with E-state index in [-0.39, 0.29) is 5.91 Å². The van der Waals surface area contributed by atoms with Gasteiger partial charge in [0.15, 0.2) is 0 Å². The summed E-state index contributed by atoms with van der Waals surface area (Å²) < 4.78 is 0. The van der Waals surface area contributed by atoms with E-state index in [0.29, 0.717) is 19.6 Å². The van der Waals surface area contributed by atoms with Gasteiger partial charge >= 0.3 is 0 Å². The van der Waals surface area contributed by atoms with Crippen LogP contribution < -0.4 is 4.90 Å². The maximum Gasteiger partial charge on any atom is 0.254 e. The normalized spacial score (nSPS) is 20.2. The van der Waals surface area contributed by atoms with Gasteiger partial charge in [-0.3, -0.25) is 9.69 Å². The van der Waals surface area contributed by atoms with E-state index in [2.05, 4.69) is 46.2 Å². The van der Waals surface area contributed by atoms with Gasteiger partial charge in [-0.15, -0.1) is 0 Å². The number of nitrogens with zero attached hydrogens (tertiary/aromatic N) is 3. The summed E-state index contributed by atoms with van der Waals surface area (Å²) >= 11 is 0. The summed E-state index contributed by atoms with van der Waals surface area (Å²) in [6.07, 6.45) is 3.88. The van der Waals surface area contributed by atoms with E-state index in [4.69, 9.17) is 0 Å². The maximum absolute atomic E-state index is 13.0. The van der Waals surface area contributed by atoms with Crippen molar-refractivity contribution in [2.45, 2.75) is 38.3 Å². The number of carbonyl (C=O) groups is 1. The highest BCUT2D eigenvalue weighted by atomic mass is 16.3. The fourth-order valence-corrected chi connectivity index (χ4v) is 5.19. The number of amides is 1. The molecule has 3 aliphatic rings. The second-order valence-corrected chi connectivity index (χ2v) is 8.94. The molecule has 0 unspecified atom stereocenters. The SMILES string of the molecule is O=C1c2ccc(N3CCCC3)cc2CCN1C[C@H](O)CN1CCc2ccccc2C1. The van der Waals surface area contributed by atoms with E-state index in [0.717, 1.165) is 50.1 Å². The van der Waals surface area contributed by atoms with Crippen molar-refractivity contribution >= 4 is 11.6 Å². The van der Waals surface area contributed by atoms with Gasteiger partial charge in [0.2, 0.25) is 0 Å². The largest absolute Gasteiger partial charge is 0.390 e. The molecule has 3 aliphatic heterocycles. The summed E-state index contributed by atoms with van der Waals surface area (Å²) in [5.41, 5.74) is 5.98. The summed E-state index contributed by atoms with van der Waals surface area (Å²) in [5, 5.41) is 10.7. The standard InChI is InChI=1S/C25H31N3O2/c29-23(17-26-13-9-19-5-1-2-6-21(19)16-26)18-28-14-10-20-15-22(27-11-3-4-12-27)7-8-24(20)25(28)30/h1-2,5-8,15,23,29H,3-4,9-14,16-18H2/t23-/m1/s1. The van der Waals surface area contributed by atoms with Gasteiger partial charge in [0.25, 0.3) is 5.91 Å². The topological polar surface area (TPSA) is 47.0 Å². The van der Waals surface area contributed by atoms with Gasteiger partial charge in [-0.05, 0) is 60.6 Å². The van der Waals surface area contributed by atoms with Crippen LogP contribution in [0.4, 0.5) is 5.69 Å². The third-order valence-electron chi connectivity index (χ3n) is 6.84. The van der Waals surface area contributed by atoms with Crippen LogP contribution in [0.5, 0.6) is 0 Å². The lowest BCUT2D eigenvalue weighted by molar-refractivity contribution is 0.0493. The number of benzene rings is 2. The Bertz CT molecular complexity index is 922. The predicted molar refractivity (Wildman–Crippen MR) is 119 cm³/mol. The highest BCUT2D eigenvalue weighted by Crippen LogP contribution is 2.27. The number of carbonyl (C=O) groups excluding carboxylic acids is 1. The lowest BCUT2D eigenvalue weighted by Crippen LogP contribution is -2.46. The number of β-amino-alcohol motifs (C(OH)–C–C–N with tert-alkyl or cyclic N) is 1. The van der Waals surface area contributed by atoms with Crippen LogP contribution >= 0.6 is 0 Å². The molecule has 0 aromatic heterocycles. The minimum absolute atomic E-state index is 0.0623. The van der Waals surface area contributed by atoms with Crippen molar-refractivity contribution in [3.05, 3.63) is 64.7 Å². The molecule has 0 radical (unpaired) electrons. The molecular formula is C25H31N3O2. The molecule has 0 bridgehead atoms. The van der Waals surface area contributed by atoms with Crippen LogP contribution in [0.1, 0.15) is 39.9 Å². The molecule has 158 valence electrons. The summed E-state index contributed by atoms with van der Waals surface area (Å²) in [7, 11) is 0. The fraction of sp³-hybridized carbons (Fsp3) is 0.480. The van der Waals surface area contributed by atoms with Gasteiger partial charge < -0.3 is 14.9 Å². The Morgan fingerprint density at radius 1 is 0.867 bits per heavy atom. The third kappa shape index (κ3) is 3.96. The molecule has 2 aromatic carbocycles. The number of hydrogen-bond acceptors (Lipinski definition) is 4. The van der Waals surface area contributed by atoms with Gasteiger partial charge in [-0.2, -0.15) is 0 Å². The molecular weight excluding hydrogens is 374 g/mol. The molecule has 1 amide bonds. The molecule has 5 nitrogen and oxygen atoms in total. The molecule has 2 aromatic rings. The van der Waals surface area contributed by atoms with Crippen LogP contribution in [0.25, 0.3) is 0 Å². The van der Waals surface area contributed by atoms with Crippen LogP contribution in [-0.2, 0) is 19.4 Å². The van der Waals surface area contributed by atoms with Crippen molar-refractivity contribution in [1.29, 1.82) is 0 Å². The van der Waals surface area contributed by atoms with Gasteiger partial charge in [-0.1, -0.05) is 24.3 Å². The molecule has 30 heavy (non-hydrogen) atoms. The number of anilines is 1. The van der Waals surface area contributed by atoms with Crippen molar-refractivity contribution < 1.29 is 9.90 Å². The smallest absolute Gasteiger partial charge is 0.254 e. The zero-order chi connectivity index (χ0) is 20.5. The van der Waals surface area contributed by atoms with Crippen molar-refractivity contribution in [2.75, 3.05) is 44.2 Å². The zero-order valence-corrected chi connectivity index (χ0v) is 17.6. The van der Waals surface area contributed by atoms with Crippen LogP contribution in [-0.4, -0.2) is 66.2 Å². The van der Waals surface area contributed by atoms with E-state index in [1.165, 1.54) is 29.7 Å². The Hall–Kier alpha value is -2.37. The first-order valence-corrected chi connectivity index (χ1v) is 11.3. The summed E-state index contributed by atoms with van der Waals surface area (Å²) in [6, 6.07) is 14.8. The monoisotopic (exact) mass is 405 g/mol. The predicted octanol–water partition coefficient (Wildman–Crippen LogP) is 2.70. The van der Waals surface area contributed by atoms with Crippen LogP contribution in [0, 0.1) is 0 Å². The van der Waals surface area contributed by atoms with Crippen molar-refractivity contribution in [1.82, 2.24) is 9.80 Å². The van der Waals surface area contributed by atoms with E-state index in [1.807, 2.05) is 11.0 Å². The first-order valence-electron chi connectivity index (χ1n) is 11.3. The average molecular weight is 406 g/mol. The molecule has 5 rings (SSSR count). The minimum atomic E-state index is -0.523. The molecule has 0 saturated carbocycles.